The molecular formula is C23H25N3O2. The van der Waals surface area contributed by atoms with Crippen LogP contribution in [0.2, 0.25) is 0 Å². The molecule has 0 saturated carbocycles. The van der Waals surface area contributed by atoms with Gasteiger partial charge < -0.3 is 10.1 Å². The summed E-state index contributed by atoms with van der Waals surface area (Å²) in [5.74, 6) is 2.04. The summed E-state index contributed by atoms with van der Waals surface area (Å²) in [5.41, 5.74) is 2.67. The quantitative estimate of drug-likeness (QED) is 0.630. The molecule has 1 N–H and O–H groups in total. The molecule has 0 unspecified atom stereocenters. The number of carbonyl (C=O) groups is 1. The number of nitrogens with zero attached hydrogens (tertiary/aromatic N) is 2. The Morgan fingerprint density at radius 3 is 2.64 bits per heavy atom. The summed E-state index contributed by atoms with van der Waals surface area (Å²) in [5, 5.41) is 2.94. The molecule has 0 aliphatic carbocycles. The first kappa shape index (κ1) is 19.5. The average Bonchev–Trinajstić information content (AvgIpc) is 2.68. The first-order valence-electron chi connectivity index (χ1n) is 9.47. The van der Waals surface area contributed by atoms with Crippen molar-refractivity contribution in [2.75, 3.05) is 6.54 Å². The summed E-state index contributed by atoms with van der Waals surface area (Å²) in [6, 6.07) is 16.8. The largest absolute Gasteiger partial charge is 0.439 e. The van der Waals surface area contributed by atoms with Gasteiger partial charge >= 0.3 is 0 Å². The van der Waals surface area contributed by atoms with Crippen molar-refractivity contribution in [1.82, 2.24) is 15.3 Å². The highest BCUT2D eigenvalue weighted by molar-refractivity contribution is 5.94. The van der Waals surface area contributed by atoms with E-state index in [-0.39, 0.29) is 5.91 Å². The molecule has 3 rings (SSSR count). The number of benzene rings is 2. The molecule has 144 valence electrons. The Balaban J connectivity index is 1.71. The van der Waals surface area contributed by atoms with Crippen LogP contribution in [0.15, 0.2) is 60.8 Å². The van der Waals surface area contributed by atoms with Gasteiger partial charge in [0.2, 0.25) is 5.88 Å². The molecule has 3 aromatic rings. The molecule has 0 aliphatic rings. The molecule has 2 aromatic carbocycles. The van der Waals surface area contributed by atoms with Gasteiger partial charge in [0.15, 0.2) is 5.82 Å². The molecule has 0 saturated heterocycles. The zero-order valence-corrected chi connectivity index (χ0v) is 16.5. The average molecular weight is 375 g/mol. The second kappa shape index (κ2) is 9.13. The minimum Gasteiger partial charge on any atom is -0.439 e. The number of rotatable bonds is 7. The zero-order chi connectivity index (χ0) is 19.9. The highest BCUT2D eigenvalue weighted by Gasteiger charge is 2.09. The van der Waals surface area contributed by atoms with E-state index in [9.17, 15) is 4.79 Å². The first-order valence-corrected chi connectivity index (χ1v) is 9.47. The van der Waals surface area contributed by atoms with Crippen molar-refractivity contribution < 1.29 is 9.53 Å². The summed E-state index contributed by atoms with van der Waals surface area (Å²) in [6.07, 6.45) is 2.62. The van der Waals surface area contributed by atoms with E-state index in [2.05, 4.69) is 29.1 Å². The van der Waals surface area contributed by atoms with E-state index in [1.807, 2.05) is 31.2 Å². The molecule has 0 fully saturated rings. The van der Waals surface area contributed by atoms with Crippen molar-refractivity contribution in [1.29, 1.82) is 0 Å². The number of aromatic nitrogens is 2. The van der Waals surface area contributed by atoms with Crippen LogP contribution in [0.4, 0.5) is 0 Å². The van der Waals surface area contributed by atoms with Crippen LogP contribution in [0.1, 0.15) is 36.2 Å². The van der Waals surface area contributed by atoms with Crippen LogP contribution in [-0.4, -0.2) is 22.4 Å². The summed E-state index contributed by atoms with van der Waals surface area (Å²) in [7, 11) is 0. The third kappa shape index (κ3) is 5.39. The van der Waals surface area contributed by atoms with Gasteiger partial charge in [-0.1, -0.05) is 49.7 Å². The van der Waals surface area contributed by atoms with Crippen molar-refractivity contribution in [3.05, 3.63) is 71.9 Å². The summed E-state index contributed by atoms with van der Waals surface area (Å²) >= 11 is 0. The highest BCUT2D eigenvalue weighted by atomic mass is 16.5. The zero-order valence-electron chi connectivity index (χ0n) is 16.5. The summed E-state index contributed by atoms with van der Waals surface area (Å²) < 4.78 is 5.87. The maximum atomic E-state index is 12.3. The Morgan fingerprint density at radius 2 is 1.89 bits per heavy atom. The van der Waals surface area contributed by atoms with Crippen molar-refractivity contribution in [3.8, 4) is 23.0 Å². The number of nitrogens with one attached hydrogen (secondary N) is 1. The number of carbonyl (C=O) groups excluding carboxylic acids is 1. The predicted octanol–water partition coefficient (Wildman–Crippen LogP) is 5.02. The fourth-order valence-corrected chi connectivity index (χ4v) is 2.64. The Bertz CT molecular complexity index is 937. The van der Waals surface area contributed by atoms with Crippen molar-refractivity contribution in [3.63, 3.8) is 0 Å². The SMILES string of the molecule is Cc1ccc(-c2nccc(Oc3cccc(C(=O)NCCC(C)C)c3)n2)cc1. The minimum absolute atomic E-state index is 0.103. The van der Waals surface area contributed by atoms with Crippen LogP contribution in [0.5, 0.6) is 11.6 Å². The molecule has 0 atom stereocenters. The van der Waals surface area contributed by atoms with Crippen LogP contribution in [0, 0.1) is 12.8 Å². The van der Waals surface area contributed by atoms with E-state index in [0.717, 1.165) is 12.0 Å². The molecule has 0 radical (unpaired) electrons. The van der Waals surface area contributed by atoms with Crippen LogP contribution in [0.3, 0.4) is 0 Å². The van der Waals surface area contributed by atoms with E-state index in [0.29, 0.717) is 35.5 Å². The molecule has 5 heteroatoms. The molecule has 28 heavy (non-hydrogen) atoms. The van der Waals surface area contributed by atoms with E-state index in [1.165, 1.54) is 5.56 Å². The molecular weight excluding hydrogens is 350 g/mol. The molecule has 1 heterocycles. The van der Waals surface area contributed by atoms with Gasteiger partial charge in [-0.05, 0) is 37.5 Å². The Kier molecular flexibility index (Phi) is 6.37. The molecule has 0 aliphatic heterocycles. The van der Waals surface area contributed by atoms with E-state index < -0.39 is 0 Å². The van der Waals surface area contributed by atoms with Gasteiger partial charge in [0.25, 0.3) is 5.91 Å². The lowest BCUT2D eigenvalue weighted by molar-refractivity contribution is 0.0951. The van der Waals surface area contributed by atoms with Gasteiger partial charge in [-0.25, -0.2) is 4.98 Å². The number of hydrogen-bond acceptors (Lipinski definition) is 4. The van der Waals surface area contributed by atoms with Gasteiger partial charge in [0, 0.05) is 29.9 Å². The van der Waals surface area contributed by atoms with Crippen LogP contribution in [-0.2, 0) is 0 Å². The van der Waals surface area contributed by atoms with Crippen LogP contribution < -0.4 is 10.1 Å². The molecule has 0 spiro atoms. The number of ether oxygens (including phenoxy) is 1. The Hall–Kier alpha value is -3.21. The maximum absolute atomic E-state index is 12.3. The van der Waals surface area contributed by atoms with Crippen molar-refractivity contribution >= 4 is 5.91 Å². The van der Waals surface area contributed by atoms with E-state index in [1.54, 1.807) is 36.5 Å². The number of amides is 1. The smallest absolute Gasteiger partial charge is 0.251 e. The summed E-state index contributed by atoms with van der Waals surface area (Å²) in [6.45, 7) is 6.96. The fourth-order valence-electron chi connectivity index (χ4n) is 2.64. The molecule has 1 aromatic heterocycles. The predicted molar refractivity (Wildman–Crippen MR) is 111 cm³/mol. The van der Waals surface area contributed by atoms with Gasteiger partial charge in [-0.2, -0.15) is 4.98 Å². The van der Waals surface area contributed by atoms with Gasteiger partial charge in [-0.3, -0.25) is 4.79 Å². The Morgan fingerprint density at radius 1 is 1.11 bits per heavy atom. The van der Waals surface area contributed by atoms with Crippen molar-refractivity contribution in [2.45, 2.75) is 27.2 Å². The third-order valence-electron chi connectivity index (χ3n) is 4.27. The normalized spacial score (nSPS) is 10.7. The monoisotopic (exact) mass is 375 g/mol. The van der Waals surface area contributed by atoms with Gasteiger partial charge in [0.1, 0.15) is 5.75 Å². The lowest BCUT2D eigenvalue weighted by Crippen LogP contribution is -2.25. The molecule has 0 bridgehead atoms. The fraction of sp³-hybridized carbons (Fsp3) is 0.261. The maximum Gasteiger partial charge on any atom is 0.251 e. The molecule has 1 amide bonds. The second-order valence-electron chi connectivity index (χ2n) is 7.15. The standard InChI is InChI=1S/C23H25N3O2/c1-16(2)11-13-25-23(27)19-5-4-6-20(15-19)28-21-12-14-24-22(26-21)18-9-7-17(3)8-10-18/h4-10,12,14-16H,11,13H2,1-3H3,(H,25,27). The lowest BCUT2D eigenvalue weighted by Gasteiger charge is -2.09. The second-order valence-corrected chi connectivity index (χ2v) is 7.15. The first-order chi connectivity index (χ1) is 13.5. The van der Waals surface area contributed by atoms with Crippen molar-refractivity contribution in [2.24, 2.45) is 5.92 Å². The summed E-state index contributed by atoms with van der Waals surface area (Å²) in [4.78, 5) is 21.1. The van der Waals surface area contributed by atoms with Crippen LogP contribution >= 0.6 is 0 Å². The topological polar surface area (TPSA) is 64.1 Å². The highest BCUT2D eigenvalue weighted by Crippen LogP contribution is 2.23. The van der Waals surface area contributed by atoms with E-state index in [4.69, 9.17) is 4.74 Å². The van der Waals surface area contributed by atoms with Crippen LogP contribution in [0.25, 0.3) is 11.4 Å². The van der Waals surface area contributed by atoms with E-state index >= 15 is 0 Å². The third-order valence-corrected chi connectivity index (χ3v) is 4.27. The Labute approximate surface area is 165 Å². The van der Waals surface area contributed by atoms with Gasteiger partial charge in [-0.15, -0.1) is 0 Å². The minimum atomic E-state index is -0.103. The number of aryl methyl sites for hydroxylation is 1. The molecule has 5 nitrogen and oxygen atoms in total. The van der Waals surface area contributed by atoms with Gasteiger partial charge in [0.05, 0.1) is 0 Å². The number of hydrogen-bond donors (Lipinski definition) is 1. The lowest BCUT2D eigenvalue weighted by atomic mass is 10.1.